The van der Waals surface area contributed by atoms with Gasteiger partial charge in [-0.3, -0.25) is 0 Å². The van der Waals surface area contributed by atoms with E-state index in [0.29, 0.717) is 12.5 Å². The van der Waals surface area contributed by atoms with Gasteiger partial charge >= 0.3 is 12.0 Å². The summed E-state index contributed by atoms with van der Waals surface area (Å²) in [5.41, 5.74) is 0. The average molecular weight is 269 g/mol. The highest BCUT2D eigenvalue weighted by Crippen LogP contribution is 2.13. The molecule has 2 atom stereocenters. The summed E-state index contributed by atoms with van der Waals surface area (Å²) >= 11 is 0. The Bertz CT molecular complexity index is 333. The van der Waals surface area contributed by atoms with Crippen molar-refractivity contribution in [3.8, 4) is 0 Å². The predicted octanol–water partition coefficient (Wildman–Crippen LogP) is 0.657. The minimum atomic E-state index is -1.05. The molecule has 1 heterocycles. The Morgan fingerprint density at radius 2 is 2.32 bits per heavy atom. The van der Waals surface area contributed by atoms with E-state index in [1.807, 2.05) is 0 Å². The van der Waals surface area contributed by atoms with Crippen LogP contribution in [-0.2, 0) is 4.79 Å². The van der Waals surface area contributed by atoms with E-state index in [4.69, 9.17) is 5.11 Å². The van der Waals surface area contributed by atoms with Crippen LogP contribution in [0, 0.1) is 5.92 Å². The van der Waals surface area contributed by atoms with Crippen molar-refractivity contribution in [2.75, 3.05) is 26.7 Å². The maximum absolute atomic E-state index is 11.6. The summed E-state index contributed by atoms with van der Waals surface area (Å²) in [6, 6.07) is -1.34. The highest BCUT2D eigenvalue weighted by atomic mass is 16.4. The third-order valence-electron chi connectivity index (χ3n) is 3.28. The van der Waals surface area contributed by atoms with Crippen molar-refractivity contribution in [3.63, 3.8) is 0 Å². The van der Waals surface area contributed by atoms with Crippen molar-refractivity contribution >= 4 is 12.0 Å². The van der Waals surface area contributed by atoms with Crippen molar-refractivity contribution in [3.05, 3.63) is 12.7 Å². The molecule has 2 unspecified atom stereocenters. The number of piperidine rings is 1. The number of carboxylic acids is 1. The lowest BCUT2D eigenvalue weighted by atomic mass is 9.99. The molecular formula is C13H23N3O3. The van der Waals surface area contributed by atoms with Gasteiger partial charge in [0.05, 0.1) is 0 Å². The molecule has 1 aliphatic heterocycles. The van der Waals surface area contributed by atoms with Crippen LogP contribution in [0.4, 0.5) is 4.79 Å². The Labute approximate surface area is 113 Å². The molecule has 19 heavy (non-hydrogen) atoms. The molecule has 3 N–H and O–H groups in total. The first-order chi connectivity index (χ1) is 9.02. The average Bonchev–Trinajstić information content (AvgIpc) is 2.36. The number of aliphatic carboxylic acids is 1. The minimum Gasteiger partial charge on any atom is -0.480 e. The smallest absolute Gasteiger partial charge is 0.326 e. The SMILES string of the molecule is C=CCC(NC(=O)NCC1CCCN(C)C1)C(=O)O. The summed E-state index contributed by atoms with van der Waals surface area (Å²) in [4.78, 5) is 24.7. The zero-order chi connectivity index (χ0) is 14.3. The van der Waals surface area contributed by atoms with Gasteiger partial charge in [-0.15, -0.1) is 6.58 Å². The second-order valence-electron chi connectivity index (χ2n) is 5.04. The van der Waals surface area contributed by atoms with Gasteiger partial charge in [-0.1, -0.05) is 6.08 Å². The topological polar surface area (TPSA) is 81.7 Å². The lowest BCUT2D eigenvalue weighted by Gasteiger charge is -2.29. The van der Waals surface area contributed by atoms with Gasteiger partial charge in [0.1, 0.15) is 6.04 Å². The number of amides is 2. The van der Waals surface area contributed by atoms with E-state index in [-0.39, 0.29) is 6.42 Å². The normalized spacial score (nSPS) is 21.4. The van der Waals surface area contributed by atoms with Crippen molar-refractivity contribution in [2.45, 2.75) is 25.3 Å². The van der Waals surface area contributed by atoms with Crippen LogP contribution in [-0.4, -0.2) is 54.7 Å². The summed E-state index contributed by atoms with van der Waals surface area (Å²) in [6.45, 7) is 6.13. The Morgan fingerprint density at radius 3 is 2.89 bits per heavy atom. The maximum atomic E-state index is 11.6. The lowest BCUT2D eigenvalue weighted by Crippen LogP contribution is -2.48. The molecule has 1 rings (SSSR count). The molecule has 0 aromatic rings. The van der Waals surface area contributed by atoms with Crippen LogP contribution in [0.3, 0.4) is 0 Å². The molecule has 0 aromatic heterocycles. The number of carbonyl (C=O) groups is 2. The molecule has 2 amide bonds. The molecular weight excluding hydrogens is 246 g/mol. The van der Waals surface area contributed by atoms with Gasteiger partial charge in [-0.05, 0) is 38.8 Å². The largest absolute Gasteiger partial charge is 0.480 e. The number of nitrogens with one attached hydrogen (secondary N) is 2. The van der Waals surface area contributed by atoms with Gasteiger partial charge in [0.25, 0.3) is 0 Å². The van der Waals surface area contributed by atoms with Gasteiger partial charge in [-0.25, -0.2) is 9.59 Å². The lowest BCUT2D eigenvalue weighted by molar-refractivity contribution is -0.139. The standard InChI is InChI=1S/C13H23N3O3/c1-3-5-11(12(17)18)15-13(19)14-8-10-6-4-7-16(2)9-10/h3,10-11H,1,4-9H2,2H3,(H,17,18)(H2,14,15,19). The second kappa shape index (κ2) is 7.78. The number of hydrogen-bond acceptors (Lipinski definition) is 3. The number of likely N-dealkylation sites (tertiary alicyclic amines) is 1. The summed E-state index contributed by atoms with van der Waals surface area (Å²) in [7, 11) is 2.07. The number of rotatable bonds is 6. The first-order valence-corrected chi connectivity index (χ1v) is 6.59. The van der Waals surface area contributed by atoms with Gasteiger partial charge in [0.15, 0.2) is 0 Å². The van der Waals surface area contributed by atoms with E-state index in [2.05, 4.69) is 29.2 Å². The summed E-state index contributed by atoms with van der Waals surface area (Å²) in [5.74, 6) is -0.611. The summed E-state index contributed by atoms with van der Waals surface area (Å²) in [6.07, 6.45) is 3.93. The van der Waals surface area contributed by atoms with Gasteiger partial charge in [-0.2, -0.15) is 0 Å². The summed E-state index contributed by atoms with van der Waals surface area (Å²) < 4.78 is 0. The van der Waals surface area contributed by atoms with Crippen LogP contribution in [0.1, 0.15) is 19.3 Å². The Morgan fingerprint density at radius 1 is 1.58 bits per heavy atom. The maximum Gasteiger partial charge on any atom is 0.326 e. The monoisotopic (exact) mass is 269 g/mol. The number of carboxylic acid groups (broad SMARTS) is 1. The zero-order valence-corrected chi connectivity index (χ0v) is 11.4. The van der Waals surface area contributed by atoms with Gasteiger partial charge in [0.2, 0.25) is 0 Å². The second-order valence-corrected chi connectivity index (χ2v) is 5.04. The van der Waals surface area contributed by atoms with Gasteiger partial charge < -0.3 is 20.6 Å². The molecule has 1 aliphatic rings. The molecule has 0 radical (unpaired) electrons. The highest BCUT2D eigenvalue weighted by Gasteiger charge is 2.20. The van der Waals surface area contributed by atoms with E-state index in [1.54, 1.807) is 0 Å². The van der Waals surface area contributed by atoms with Crippen LogP contribution >= 0.6 is 0 Å². The quantitative estimate of drug-likeness (QED) is 0.619. The molecule has 0 spiro atoms. The van der Waals surface area contributed by atoms with Crippen LogP contribution in [0.2, 0.25) is 0 Å². The van der Waals surface area contributed by atoms with Crippen molar-refractivity contribution < 1.29 is 14.7 Å². The molecule has 0 bridgehead atoms. The predicted molar refractivity (Wildman–Crippen MR) is 73.0 cm³/mol. The van der Waals surface area contributed by atoms with E-state index in [1.165, 1.54) is 6.08 Å². The number of nitrogens with zero attached hydrogens (tertiary/aromatic N) is 1. The van der Waals surface area contributed by atoms with E-state index in [0.717, 1.165) is 25.9 Å². The Balaban J connectivity index is 2.30. The van der Waals surface area contributed by atoms with E-state index >= 15 is 0 Å². The fourth-order valence-electron chi connectivity index (χ4n) is 2.27. The first kappa shape index (κ1) is 15.5. The molecule has 6 heteroatoms. The Kier molecular flexibility index (Phi) is 6.35. The van der Waals surface area contributed by atoms with E-state index < -0.39 is 18.0 Å². The number of carbonyl (C=O) groups excluding carboxylic acids is 1. The first-order valence-electron chi connectivity index (χ1n) is 6.59. The van der Waals surface area contributed by atoms with E-state index in [9.17, 15) is 9.59 Å². The third kappa shape index (κ3) is 5.74. The van der Waals surface area contributed by atoms with Crippen LogP contribution in [0.15, 0.2) is 12.7 Å². The highest BCUT2D eigenvalue weighted by molar-refractivity contribution is 5.82. The fourth-order valence-corrected chi connectivity index (χ4v) is 2.27. The zero-order valence-electron chi connectivity index (χ0n) is 11.4. The fraction of sp³-hybridized carbons (Fsp3) is 0.692. The molecule has 0 saturated carbocycles. The van der Waals surface area contributed by atoms with Crippen molar-refractivity contribution in [1.29, 1.82) is 0 Å². The Hall–Kier alpha value is -1.56. The number of urea groups is 1. The van der Waals surface area contributed by atoms with Gasteiger partial charge in [0, 0.05) is 13.1 Å². The van der Waals surface area contributed by atoms with Crippen molar-refractivity contribution in [1.82, 2.24) is 15.5 Å². The molecule has 6 nitrogen and oxygen atoms in total. The molecule has 1 fully saturated rings. The molecule has 108 valence electrons. The van der Waals surface area contributed by atoms with Crippen LogP contribution in [0.5, 0.6) is 0 Å². The summed E-state index contributed by atoms with van der Waals surface area (Å²) in [5, 5.41) is 14.1. The van der Waals surface area contributed by atoms with Crippen LogP contribution in [0.25, 0.3) is 0 Å². The minimum absolute atomic E-state index is 0.217. The van der Waals surface area contributed by atoms with Crippen molar-refractivity contribution in [2.24, 2.45) is 5.92 Å². The number of hydrogen-bond donors (Lipinski definition) is 3. The molecule has 0 aromatic carbocycles. The third-order valence-corrected chi connectivity index (χ3v) is 3.28. The molecule has 0 aliphatic carbocycles. The molecule has 1 saturated heterocycles. The van der Waals surface area contributed by atoms with Crippen LogP contribution < -0.4 is 10.6 Å².